The molecule has 5 heteroatoms. The number of hydrogen-bond donors (Lipinski definition) is 0. The van der Waals surface area contributed by atoms with E-state index < -0.39 is 18.9 Å². The molecule has 0 spiro atoms. The number of nitrogens with zero attached hydrogens (tertiary/aromatic N) is 2. The highest BCUT2D eigenvalue weighted by molar-refractivity contribution is 7.26. The van der Waals surface area contributed by atoms with Gasteiger partial charge in [-0.25, -0.2) is 0 Å². The molecule has 2 aliphatic rings. The molecule has 115 heavy (non-hydrogen) atoms. The Bertz CT molecular complexity index is 6880. The van der Waals surface area contributed by atoms with Gasteiger partial charge in [-0.3, -0.25) is 0 Å². The predicted molar refractivity (Wildman–Crippen MR) is 485 cm³/mol. The molecule has 0 bridgehead atoms. The molecule has 2 aromatic heterocycles. The van der Waals surface area contributed by atoms with Crippen molar-refractivity contribution in [2.24, 2.45) is 0 Å². The summed E-state index contributed by atoms with van der Waals surface area (Å²) in [6, 6.07) is 168. The molecular formula is C110H74N2OSSi. The quantitative estimate of drug-likeness (QED) is 0.0710. The number of rotatable bonds is 16. The van der Waals surface area contributed by atoms with Crippen LogP contribution in [0.2, 0.25) is 0 Å². The van der Waals surface area contributed by atoms with E-state index in [1.54, 1.807) is 0 Å². The van der Waals surface area contributed by atoms with Crippen molar-refractivity contribution in [1.82, 2.24) is 0 Å². The van der Waals surface area contributed by atoms with Gasteiger partial charge in [0.05, 0.1) is 22.2 Å². The fraction of sp³-hybridized carbons (Fsp3) is 0.0182. The Balaban J connectivity index is 0.745. The molecule has 18 aromatic carbocycles. The average Bonchev–Trinajstić information content (AvgIpc) is 1.56. The number of hydrogen-bond acceptors (Lipinski definition) is 4. The molecule has 0 aliphatic heterocycles. The third kappa shape index (κ3) is 10.6. The lowest BCUT2D eigenvalue weighted by molar-refractivity contribution is 0.669. The molecule has 0 unspecified atom stereocenters. The van der Waals surface area contributed by atoms with Gasteiger partial charge in [0.25, 0.3) is 0 Å². The summed E-state index contributed by atoms with van der Waals surface area (Å²) in [5.74, 6) is 0. The molecule has 2 heterocycles. The summed E-state index contributed by atoms with van der Waals surface area (Å²) in [6.07, 6.45) is 0. The zero-order valence-corrected chi connectivity index (χ0v) is 64.8. The summed E-state index contributed by atoms with van der Waals surface area (Å²) in [4.78, 5) is 4.98. The maximum atomic E-state index is 7.31. The van der Waals surface area contributed by atoms with Gasteiger partial charge in [0, 0.05) is 59.3 Å². The molecule has 20 aromatic rings. The van der Waals surface area contributed by atoms with Crippen molar-refractivity contribution in [3.05, 3.63) is 493 Å². The summed E-state index contributed by atoms with van der Waals surface area (Å²) >= 11 is 1.89. The Morgan fingerprint density at radius 3 is 1.23 bits per heavy atom. The van der Waals surface area contributed by atoms with E-state index >= 15 is 0 Å². The highest BCUT2D eigenvalue weighted by atomic mass is 32.1. The number of fused-ring (bicyclic) bond motifs is 12. The molecule has 0 N–H and O–H groups in total. The van der Waals surface area contributed by atoms with Crippen LogP contribution in [-0.4, -0.2) is 8.07 Å². The second kappa shape index (κ2) is 27.6. The Morgan fingerprint density at radius 1 is 0.235 bits per heavy atom. The smallest absolute Gasteiger partial charge is 0.179 e. The monoisotopic (exact) mass is 1500 g/mol. The maximum Gasteiger partial charge on any atom is 0.179 e. The van der Waals surface area contributed by atoms with Crippen LogP contribution in [0.3, 0.4) is 0 Å². The molecule has 2 aliphatic carbocycles. The summed E-state index contributed by atoms with van der Waals surface area (Å²) < 4.78 is 9.80. The van der Waals surface area contributed by atoms with Gasteiger partial charge < -0.3 is 14.2 Å². The molecule has 0 radical (unpaired) electrons. The number of thiophene rings is 1. The highest BCUT2D eigenvalue weighted by Gasteiger charge is 2.49. The van der Waals surface area contributed by atoms with Crippen LogP contribution < -0.4 is 30.5 Å². The van der Waals surface area contributed by atoms with Gasteiger partial charge in [0.2, 0.25) is 0 Å². The van der Waals surface area contributed by atoms with Crippen LogP contribution in [0.15, 0.2) is 453 Å². The van der Waals surface area contributed by atoms with Gasteiger partial charge in [-0.15, -0.1) is 11.3 Å². The first kappa shape index (κ1) is 67.7. The summed E-state index contributed by atoms with van der Waals surface area (Å²) in [5, 5.41) is 10.0. The van der Waals surface area contributed by atoms with Crippen molar-refractivity contribution in [3.63, 3.8) is 0 Å². The van der Waals surface area contributed by atoms with Crippen LogP contribution >= 0.6 is 11.3 Å². The Labute approximate surface area is 674 Å². The van der Waals surface area contributed by atoms with Gasteiger partial charge in [-0.2, -0.15) is 0 Å². The average molecular weight is 1500 g/mol. The Hall–Kier alpha value is -14.2. The second-order valence-electron chi connectivity index (χ2n) is 30.4. The number of anilines is 6. The lowest BCUT2D eigenvalue weighted by Gasteiger charge is -2.35. The van der Waals surface area contributed by atoms with Crippen LogP contribution in [0.4, 0.5) is 34.1 Å². The van der Waals surface area contributed by atoms with E-state index in [-0.39, 0.29) is 0 Å². The highest BCUT2D eigenvalue weighted by Crippen LogP contribution is 2.62. The molecule has 22 rings (SSSR count). The largest absolute Gasteiger partial charge is 0.454 e. The van der Waals surface area contributed by atoms with Gasteiger partial charge >= 0.3 is 0 Å². The first-order valence-electron chi connectivity index (χ1n) is 39.7. The number of benzene rings is 18. The van der Waals surface area contributed by atoms with Crippen molar-refractivity contribution in [2.45, 2.75) is 10.8 Å². The zero-order valence-electron chi connectivity index (χ0n) is 62.9. The SMILES string of the molecule is c1ccc(-c2ccc(N(c3cccc4c3-c3ccccc3C4(c3ccccc3)c3ccccc3)c3cc(-c4ccc(N(c5ccc6c(c5)C(c5ccccc5)(c5ccccc5)c5ccccc5-6)c5ccc6c(c5)sc5cc([Si](c7ccccc7)(c7ccccc7)c7ccccc7)ccc56)cc4)cc4c3oc3ccccc34)cc2)cc1. The normalized spacial score (nSPS) is 13.0. The molecule has 0 amide bonds. The first-order valence-corrected chi connectivity index (χ1v) is 42.5. The van der Waals surface area contributed by atoms with Crippen molar-refractivity contribution < 1.29 is 4.42 Å². The van der Waals surface area contributed by atoms with Crippen LogP contribution in [0.25, 0.3) is 86.6 Å². The van der Waals surface area contributed by atoms with Crippen molar-refractivity contribution in [3.8, 4) is 44.5 Å². The van der Waals surface area contributed by atoms with Crippen LogP contribution in [0, 0.1) is 0 Å². The summed E-state index contributed by atoms with van der Waals surface area (Å²) in [6.45, 7) is 0. The van der Waals surface area contributed by atoms with Crippen LogP contribution in [0.1, 0.15) is 44.5 Å². The van der Waals surface area contributed by atoms with Crippen molar-refractivity contribution in [1.29, 1.82) is 0 Å². The number of furan rings is 1. The van der Waals surface area contributed by atoms with Gasteiger partial charge in [0.15, 0.2) is 13.7 Å². The lowest BCUT2D eigenvalue weighted by Crippen LogP contribution is -2.74. The minimum Gasteiger partial charge on any atom is -0.454 e. The third-order valence-corrected chi connectivity index (χ3v) is 30.5. The maximum absolute atomic E-state index is 7.31. The van der Waals surface area contributed by atoms with E-state index in [0.717, 1.165) is 78.3 Å². The molecule has 3 nitrogen and oxygen atoms in total. The Morgan fingerprint density at radius 2 is 0.652 bits per heavy atom. The van der Waals surface area contributed by atoms with Crippen molar-refractivity contribution in [2.75, 3.05) is 9.80 Å². The van der Waals surface area contributed by atoms with E-state index in [4.69, 9.17) is 4.42 Å². The van der Waals surface area contributed by atoms with Crippen LogP contribution in [0.5, 0.6) is 0 Å². The molecule has 0 fully saturated rings. The van der Waals surface area contributed by atoms with E-state index in [0.29, 0.717) is 0 Å². The molecule has 0 saturated carbocycles. The fourth-order valence-corrected chi connectivity index (χ4v) is 25.7. The summed E-state index contributed by atoms with van der Waals surface area (Å²) in [5.41, 5.74) is 25.7. The fourth-order valence-electron chi connectivity index (χ4n) is 19.7. The first-order chi connectivity index (χ1) is 57.0. The number of para-hydroxylation sites is 1. The minimum atomic E-state index is -2.83. The molecule has 0 saturated heterocycles. The van der Waals surface area contributed by atoms with E-state index in [1.807, 2.05) is 11.3 Å². The van der Waals surface area contributed by atoms with E-state index in [1.165, 1.54) is 108 Å². The lowest BCUT2D eigenvalue weighted by atomic mass is 9.67. The Kier molecular flexibility index (Phi) is 16.3. The third-order valence-electron chi connectivity index (χ3n) is 24.6. The summed E-state index contributed by atoms with van der Waals surface area (Å²) in [7, 11) is -2.83. The van der Waals surface area contributed by atoms with Crippen molar-refractivity contribution >= 4 is 116 Å². The molecule has 540 valence electrons. The van der Waals surface area contributed by atoms with Gasteiger partial charge in [-0.05, 0) is 183 Å². The zero-order chi connectivity index (χ0) is 76.0. The standard InChI is InChI=1S/C110H74N2OSSi/c1-9-32-75(33-10-1)76-56-62-84(63-57-76)112(102-54-31-53-100-107(102)96-50-26-29-52-99(96)109(100,79-34-11-2-12-35-79)80-36-13-3-14-37-80)103-71-78(70-97-93-49-27-30-55-104(93)113-108(97)103)77-58-60-83(61-59-77)111(85-64-67-92-91-48-25-28-51-98(91)110(101(92)72-85,81-38-15-4-16-39-81)82-40-17-5-18-41-82)86-65-68-94-95-69-66-90(74-106(95)114-105(94)73-86)115(87-42-19-6-20-43-87,88-44-21-7-22-45-88)89-46-23-8-24-47-89/h1-74H. The van der Waals surface area contributed by atoms with Gasteiger partial charge in [0.1, 0.15) is 5.58 Å². The molecular weight excluding hydrogens is 1430 g/mol. The van der Waals surface area contributed by atoms with E-state index in [9.17, 15) is 0 Å². The van der Waals surface area contributed by atoms with Crippen LogP contribution in [-0.2, 0) is 10.8 Å². The topological polar surface area (TPSA) is 19.6 Å². The molecule has 0 atom stereocenters. The second-order valence-corrected chi connectivity index (χ2v) is 35.3. The van der Waals surface area contributed by atoms with E-state index in [2.05, 4.69) is 459 Å². The minimum absolute atomic E-state index is 0.619. The predicted octanol–water partition coefficient (Wildman–Crippen LogP) is 26.3. The van der Waals surface area contributed by atoms with Gasteiger partial charge in [-0.1, -0.05) is 370 Å².